The van der Waals surface area contributed by atoms with Crippen LogP contribution in [0.5, 0.6) is 0 Å². The van der Waals surface area contributed by atoms with Crippen LogP contribution >= 0.6 is 0 Å². The lowest BCUT2D eigenvalue weighted by Gasteiger charge is -2.28. The monoisotopic (exact) mass is 211 g/mol. The molecule has 0 fully saturated rings. The maximum Gasteiger partial charge on any atom is 0.125 e. The van der Waals surface area contributed by atoms with Gasteiger partial charge in [-0.15, -0.1) is 0 Å². The third-order valence-corrected chi connectivity index (χ3v) is 2.74. The lowest BCUT2D eigenvalue weighted by atomic mass is 10.2. The Hall–Kier alpha value is -2.03. The van der Waals surface area contributed by atoms with E-state index >= 15 is 0 Å². The number of fused-ring (bicyclic) bond motifs is 1. The molecule has 0 spiro atoms. The van der Waals surface area contributed by atoms with Gasteiger partial charge in [0.25, 0.3) is 0 Å². The Morgan fingerprint density at radius 2 is 1.94 bits per heavy atom. The largest absolute Gasteiger partial charge is 0.287 e. The summed E-state index contributed by atoms with van der Waals surface area (Å²) < 4.78 is 2.15. The number of hydrogen-bond acceptors (Lipinski definition) is 2. The quantitative estimate of drug-likeness (QED) is 0.744. The zero-order valence-corrected chi connectivity index (χ0v) is 8.95. The Morgan fingerprint density at radius 3 is 2.81 bits per heavy atom. The van der Waals surface area contributed by atoms with Crippen molar-refractivity contribution in [1.82, 2.24) is 4.68 Å². The van der Waals surface area contributed by atoms with Gasteiger partial charge in [-0.25, -0.2) is 0 Å². The molecule has 3 nitrogen and oxygen atoms in total. The molecule has 0 amide bonds. The standard InChI is InChI=1S/C13H13N3/c1-2-5-12(6-3-1)10-15-11-14-9-13-7-4-8-16(13)15/h1-9H,10-11H2. The van der Waals surface area contributed by atoms with Crippen molar-refractivity contribution in [2.75, 3.05) is 11.7 Å². The van der Waals surface area contributed by atoms with Gasteiger partial charge in [-0.3, -0.25) is 14.7 Å². The summed E-state index contributed by atoms with van der Waals surface area (Å²) in [5, 5.41) is 2.21. The van der Waals surface area contributed by atoms with Gasteiger partial charge in [-0.1, -0.05) is 30.3 Å². The molecule has 0 saturated heterocycles. The Morgan fingerprint density at radius 1 is 1.06 bits per heavy atom. The minimum Gasteiger partial charge on any atom is -0.287 e. The van der Waals surface area contributed by atoms with Crippen LogP contribution in [0.15, 0.2) is 53.7 Å². The van der Waals surface area contributed by atoms with Crippen molar-refractivity contribution in [3.8, 4) is 0 Å². The maximum absolute atomic E-state index is 4.35. The van der Waals surface area contributed by atoms with Gasteiger partial charge in [0.2, 0.25) is 0 Å². The zero-order chi connectivity index (χ0) is 10.8. The molecule has 0 unspecified atom stereocenters. The molecule has 3 rings (SSSR count). The zero-order valence-electron chi connectivity index (χ0n) is 8.95. The Balaban J connectivity index is 1.85. The minimum absolute atomic E-state index is 0.719. The summed E-state index contributed by atoms with van der Waals surface area (Å²) in [6.45, 7) is 1.61. The topological polar surface area (TPSA) is 20.5 Å². The van der Waals surface area contributed by atoms with E-state index in [4.69, 9.17) is 0 Å². The number of benzene rings is 1. The van der Waals surface area contributed by atoms with Crippen LogP contribution in [0.1, 0.15) is 11.3 Å². The molecule has 2 heterocycles. The highest BCUT2D eigenvalue weighted by atomic mass is 15.6. The van der Waals surface area contributed by atoms with Crippen LogP contribution < -0.4 is 5.01 Å². The lowest BCUT2D eigenvalue weighted by Crippen LogP contribution is -2.37. The van der Waals surface area contributed by atoms with Gasteiger partial charge in [0.05, 0.1) is 12.2 Å². The summed E-state index contributed by atoms with van der Waals surface area (Å²) in [4.78, 5) is 4.35. The summed E-state index contributed by atoms with van der Waals surface area (Å²) in [7, 11) is 0. The molecular weight excluding hydrogens is 198 g/mol. The van der Waals surface area contributed by atoms with Gasteiger partial charge in [-0.05, 0) is 17.7 Å². The number of rotatable bonds is 2. The fourth-order valence-electron chi connectivity index (χ4n) is 1.96. The Kier molecular flexibility index (Phi) is 2.22. The number of hydrogen-bond donors (Lipinski definition) is 0. The number of aliphatic imine (C=N–C) groups is 1. The van der Waals surface area contributed by atoms with Gasteiger partial charge in [-0.2, -0.15) is 0 Å². The molecule has 0 atom stereocenters. The van der Waals surface area contributed by atoms with Crippen molar-refractivity contribution in [3.05, 3.63) is 59.9 Å². The summed E-state index contributed by atoms with van der Waals surface area (Å²) in [6, 6.07) is 14.6. The van der Waals surface area contributed by atoms with Crippen molar-refractivity contribution in [2.24, 2.45) is 4.99 Å². The molecule has 0 N–H and O–H groups in total. The van der Waals surface area contributed by atoms with Crippen molar-refractivity contribution < 1.29 is 0 Å². The van der Waals surface area contributed by atoms with Crippen molar-refractivity contribution in [3.63, 3.8) is 0 Å². The molecule has 0 aliphatic carbocycles. The second-order valence-corrected chi connectivity index (χ2v) is 3.88. The minimum atomic E-state index is 0.719. The van der Waals surface area contributed by atoms with E-state index in [0.717, 1.165) is 18.9 Å². The molecule has 2 aromatic rings. The molecule has 1 aliphatic heterocycles. The van der Waals surface area contributed by atoms with Gasteiger partial charge < -0.3 is 0 Å². The Bertz CT molecular complexity index is 499. The van der Waals surface area contributed by atoms with E-state index in [2.05, 4.69) is 51.2 Å². The maximum atomic E-state index is 4.35. The molecule has 0 saturated carbocycles. The normalized spacial score (nSPS) is 13.9. The van der Waals surface area contributed by atoms with E-state index in [1.165, 1.54) is 5.56 Å². The van der Waals surface area contributed by atoms with E-state index in [1.807, 2.05) is 18.3 Å². The van der Waals surface area contributed by atoms with Crippen LogP contribution in [0.4, 0.5) is 0 Å². The molecule has 0 bridgehead atoms. The van der Waals surface area contributed by atoms with Crippen LogP contribution in [0.3, 0.4) is 0 Å². The van der Waals surface area contributed by atoms with Gasteiger partial charge in [0.1, 0.15) is 6.67 Å². The molecule has 0 radical (unpaired) electrons. The van der Waals surface area contributed by atoms with Crippen LogP contribution in [0.25, 0.3) is 0 Å². The lowest BCUT2D eigenvalue weighted by molar-refractivity contribution is 0.579. The fourth-order valence-corrected chi connectivity index (χ4v) is 1.96. The van der Waals surface area contributed by atoms with Crippen LogP contribution in [-0.2, 0) is 6.54 Å². The average Bonchev–Trinajstić information content (AvgIpc) is 2.80. The van der Waals surface area contributed by atoms with Gasteiger partial charge >= 0.3 is 0 Å². The molecular formula is C13H13N3. The number of nitrogens with zero attached hydrogens (tertiary/aromatic N) is 3. The fraction of sp³-hybridized carbons (Fsp3) is 0.154. The molecule has 1 aromatic heterocycles. The average molecular weight is 211 g/mol. The van der Waals surface area contributed by atoms with Gasteiger partial charge in [0, 0.05) is 12.4 Å². The molecule has 16 heavy (non-hydrogen) atoms. The second kappa shape index (κ2) is 3.85. The predicted molar refractivity (Wildman–Crippen MR) is 65.3 cm³/mol. The van der Waals surface area contributed by atoms with Crippen LogP contribution in [0, 0.1) is 0 Å². The smallest absolute Gasteiger partial charge is 0.125 e. The summed E-state index contributed by atoms with van der Waals surface area (Å²) in [5.41, 5.74) is 2.45. The highest BCUT2D eigenvalue weighted by Gasteiger charge is 2.11. The third kappa shape index (κ3) is 1.60. The van der Waals surface area contributed by atoms with Gasteiger partial charge in [0.15, 0.2) is 0 Å². The van der Waals surface area contributed by atoms with Crippen molar-refractivity contribution >= 4 is 6.21 Å². The van der Waals surface area contributed by atoms with Crippen molar-refractivity contribution in [2.45, 2.75) is 6.54 Å². The Labute approximate surface area is 94.6 Å². The first kappa shape index (κ1) is 9.21. The van der Waals surface area contributed by atoms with E-state index < -0.39 is 0 Å². The third-order valence-electron chi connectivity index (χ3n) is 2.74. The van der Waals surface area contributed by atoms with Crippen molar-refractivity contribution in [1.29, 1.82) is 0 Å². The second-order valence-electron chi connectivity index (χ2n) is 3.88. The van der Waals surface area contributed by atoms with E-state index in [1.54, 1.807) is 0 Å². The molecule has 80 valence electrons. The summed E-state index contributed by atoms with van der Waals surface area (Å²) in [5.74, 6) is 0. The molecule has 1 aromatic carbocycles. The van der Waals surface area contributed by atoms with E-state index in [9.17, 15) is 0 Å². The molecule has 1 aliphatic rings. The highest BCUT2D eigenvalue weighted by Crippen LogP contribution is 2.10. The van der Waals surface area contributed by atoms with Crippen LogP contribution in [-0.4, -0.2) is 17.6 Å². The first-order chi connectivity index (χ1) is 7.93. The number of aromatic nitrogens is 1. The predicted octanol–water partition coefficient (Wildman–Crippen LogP) is 2.02. The van der Waals surface area contributed by atoms with E-state index in [-0.39, 0.29) is 0 Å². The molecule has 3 heteroatoms. The van der Waals surface area contributed by atoms with Crippen LogP contribution in [0.2, 0.25) is 0 Å². The first-order valence-electron chi connectivity index (χ1n) is 5.40. The SMILES string of the molecule is C1=NCN(Cc2ccccc2)n2cccc21. The highest BCUT2D eigenvalue weighted by molar-refractivity contribution is 5.78. The first-order valence-corrected chi connectivity index (χ1v) is 5.40. The summed E-state index contributed by atoms with van der Waals surface area (Å²) in [6.07, 6.45) is 3.99. The summed E-state index contributed by atoms with van der Waals surface area (Å²) >= 11 is 0. The van der Waals surface area contributed by atoms with E-state index in [0.29, 0.717) is 0 Å².